The molecule has 0 bridgehead atoms. The van der Waals surface area contributed by atoms with Crippen molar-refractivity contribution in [2.24, 2.45) is 11.7 Å². The number of halogens is 2. The number of rotatable bonds is 3. The van der Waals surface area contributed by atoms with Crippen molar-refractivity contribution >= 4 is 23.2 Å². The smallest absolute Gasteiger partial charge is 0.0439 e. The van der Waals surface area contributed by atoms with Gasteiger partial charge in [0.25, 0.3) is 0 Å². The summed E-state index contributed by atoms with van der Waals surface area (Å²) in [7, 11) is 0. The number of nitrogens with two attached hydrogens (primary N) is 1. The lowest BCUT2D eigenvalue weighted by atomic mass is 9.84. The molecule has 1 saturated carbocycles. The lowest BCUT2D eigenvalue weighted by molar-refractivity contribution is 0.322. The standard InChI is InChI=1S/C16H23Cl2N/c17-14-8-9-15(18)13(10-14)11-16(19)12-6-4-2-1-3-5-7-12/h8-10,12,16H,1-7,11,19H2. The fourth-order valence-corrected chi connectivity index (χ4v) is 3.43. The average molecular weight is 300 g/mol. The van der Waals surface area contributed by atoms with E-state index in [4.69, 9.17) is 28.9 Å². The predicted molar refractivity (Wildman–Crippen MR) is 84.0 cm³/mol. The van der Waals surface area contributed by atoms with Crippen molar-refractivity contribution in [1.29, 1.82) is 0 Å². The first kappa shape index (κ1) is 15.2. The van der Waals surface area contributed by atoms with Gasteiger partial charge in [0.1, 0.15) is 0 Å². The van der Waals surface area contributed by atoms with Gasteiger partial charge in [-0.25, -0.2) is 0 Å². The van der Waals surface area contributed by atoms with Crippen molar-refractivity contribution in [3.8, 4) is 0 Å². The monoisotopic (exact) mass is 299 g/mol. The Hall–Kier alpha value is -0.240. The third kappa shape index (κ3) is 4.66. The molecule has 0 aliphatic heterocycles. The zero-order valence-electron chi connectivity index (χ0n) is 11.4. The van der Waals surface area contributed by atoms with Gasteiger partial charge in [-0.1, -0.05) is 55.3 Å². The molecule has 0 aromatic heterocycles. The SMILES string of the molecule is NC(Cc1cc(Cl)ccc1Cl)C1CCCCCCC1. The van der Waals surface area contributed by atoms with Gasteiger partial charge < -0.3 is 5.73 Å². The van der Waals surface area contributed by atoms with E-state index < -0.39 is 0 Å². The van der Waals surface area contributed by atoms with Crippen molar-refractivity contribution in [1.82, 2.24) is 0 Å². The second-order valence-electron chi connectivity index (χ2n) is 5.71. The summed E-state index contributed by atoms with van der Waals surface area (Å²) >= 11 is 12.3. The van der Waals surface area contributed by atoms with E-state index in [-0.39, 0.29) is 6.04 Å². The molecule has 2 N–H and O–H groups in total. The highest BCUT2D eigenvalue weighted by atomic mass is 35.5. The predicted octanol–water partition coefficient (Wildman–Crippen LogP) is 5.22. The molecule has 1 aliphatic carbocycles. The molecule has 0 heterocycles. The van der Waals surface area contributed by atoms with Gasteiger partial charge in [0.15, 0.2) is 0 Å². The molecule has 0 radical (unpaired) electrons. The van der Waals surface area contributed by atoms with Gasteiger partial charge in [0, 0.05) is 16.1 Å². The minimum absolute atomic E-state index is 0.203. The van der Waals surface area contributed by atoms with Gasteiger partial charge >= 0.3 is 0 Å². The molecule has 106 valence electrons. The van der Waals surface area contributed by atoms with E-state index in [2.05, 4.69) is 0 Å². The van der Waals surface area contributed by atoms with Gasteiger partial charge in [0.05, 0.1) is 0 Å². The van der Waals surface area contributed by atoms with Crippen LogP contribution < -0.4 is 5.73 Å². The van der Waals surface area contributed by atoms with Crippen LogP contribution in [-0.2, 0) is 6.42 Å². The van der Waals surface area contributed by atoms with Crippen molar-refractivity contribution in [3.63, 3.8) is 0 Å². The summed E-state index contributed by atoms with van der Waals surface area (Å²) in [4.78, 5) is 0. The Bertz CT molecular complexity index is 398. The maximum absolute atomic E-state index is 6.42. The van der Waals surface area contributed by atoms with Crippen molar-refractivity contribution in [2.45, 2.75) is 57.4 Å². The average Bonchev–Trinajstić information content (AvgIpc) is 2.33. The van der Waals surface area contributed by atoms with Gasteiger partial charge in [0.2, 0.25) is 0 Å². The van der Waals surface area contributed by atoms with E-state index in [1.165, 1.54) is 44.9 Å². The summed E-state index contributed by atoms with van der Waals surface area (Å²) in [6.07, 6.45) is 10.1. The van der Waals surface area contributed by atoms with Crippen molar-refractivity contribution in [3.05, 3.63) is 33.8 Å². The van der Waals surface area contributed by atoms with Crippen molar-refractivity contribution in [2.75, 3.05) is 0 Å². The van der Waals surface area contributed by atoms with E-state index >= 15 is 0 Å². The molecule has 2 rings (SSSR count). The molecular formula is C16H23Cl2N. The van der Waals surface area contributed by atoms with E-state index in [0.29, 0.717) is 5.92 Å². The molecule has 0 spiro atoms. The molecule has 1 aromatic rings. The zero-order chi connectivity index (χ0) is 13.7. The Balaban J connectivity index is 1.98. The van der Waals surface area contributed by atoms with E-state index in [9.17, 15) is 0 Å². The van der Waals surface area contributed by atoms with Gasteiger partial charge in [-0.3, -0.25) is 0 Å². The van der Waals surface area contributed by atoms with Crippen molar-refractivity contribution < 1.29 is 0 Å². The van der Waals surface area contributed by atoms with Crippen LogP contribution in [0.2, 0.25) is 10.0 Å². The molecule has 1 fully saturated rings. The zero-order valence-corrected chi connectivity index (χ0v) is 12.9. The molecule has 0 amide bonds. The molecule has 1 nitrogen and oxygen atoms in total. The normalized spacial score (nSPS) is 19.7. The van der Waals surface area contributed by atoms with E-state index in [1.807, 2.05) is 18.2 Å². The summed E-state index contributed by atoms with van der Waals surface area (Å²) in [6, 6.07) is 5.85. The number of hydrogen-bond acceptors (Lipinski definition) is 1. The number of benzene rings is 1. The number of hydrogen-bond donors (Lipinski definition) is 1. The topological polar surface area (TPSA) is 26.0 Å². The molecule has 1 atom stereocenters. The lowest BCUT2D eigenvalue weighted by Gasteiger charge is -2.26. The van der Waals surface area contributed by atoms with Crippen LogP contribution in [-0.4, -0.2) is 6.04 Å². The largest absolute Gasteiger partial charge is 0.327 e. The highest BCUT2D eigenvalue weighted by Crippen LogP contribution is 2.28. The maximum Gasteiger partial charge on any atom is 0.0439 e. The minimum Gasteiger partial charge on any atom is -0.327 e. The second kappa shape index (κ2) is 7.52. The Morgan fingerprint density at radius 3 is 2.37 bits per heavy atom. The Morgan fingerprint density at radius 2 is 1.68 bits per heavy atom. The van der Waals surface area contributed by atoms with Crippen LogP contribution in [0, 0.1) is 5.92 Å². The first-order valence-electron chi connectivity index (χ1n) is 7.36. The summed E-state index contributed by atoms with van der Waals surface area (Å²) in [5.74, 6) is 0.635. The fraction of sp³-hybridized carbons (Fsp3) is 0.625. The lowest BCUT2D eigenvalue weighted by Crippen LogP contribution is -2.33. The third-order valence-corrected chi connectivity index (χ3v) is 4.82. The second-order valence-corrected chi connectivity index (χ2v) is 6.55. The maximum atomic E-state index is 6.42. The van der Waals surface area contributed by atoms with Gasteiger partial charge in [-0.05, 0) is 48.9 Å². The molecule has 1 unspecified atom stereocenters. The fourth-order valence-electron chi connectivity index (χ4n) is 3.04. The van der Waals surface area contributed by atoms with Crippen LogP contribution in [0.1, 0.15) is 50.5 Å². The van der Waals surface area contributed by atoms with Gasteiger partial charge in [-0.15, -0.1) is 0 Å². The van der Waals surface area contributed by atoms with Crippen LogP contribution in [0.5, 0.6) is 0 Å². The highest BCUT2D eigenvalue weighted by molar-refractivity contribution is 6.33. The first-order chi connectivity index (χ1) is 9.16. The molecular weight excluding hydrogens is 277 g/mol. The Morgan fingerprint density at radius 1 is 1.05 bits per heavy atom. The summed E-state index contributed by atoms with van der Waals surface area (Å²) in [5, 5.41) is 1.52. The van der Waals surface area contributed by atoms with Crippen LogP contribution >= 0.6 is 23.2 Å². The highest BCUT2D eigenvalue weighted by Gasteiger charge is 2.20. The molecule has 19 heavy (non-hydrogen) atoms. The summed E-state index contributed by atoms with van der Waals surface area (Å²) in [6.45, 7) is 0. The van der Waals surface area contributed by atoms with E-state index in [0.717, 1.165) is 22.0 Å². The quantitative estimate of drug-likeness (QED) is 0.813. The molecule has 3 heteroatoms. The van der Waals surface area contributed by atoms with Crippen LogP contribution in [0.15, 0.2) is 18.2 Å². The van der Waals surface area contributed by atoms with Crippen LogP contribution in [0.3, 0.4) is 0 Å². The van der Waals surface area contributed by atoms with Crippen LogP contribution in [0.4, 0.5) is 0 Å². The summed E-state index contributed by atoms with van der Waals surface area (Å²) in [5.41, 5.74) is 7.50. The van der Waals surface area contributed by atoms with Gasteiger partial charge in [-0.2, -0.15) is 0 Å². The molecule has 0 saturated heterocycles. The molecule has 1 aromatic carbocycles. The summed E-state index contributed by atoms with van der Waals surface area (Å²) < 4.78 is 0. The first-order valence-corrected chi connectivity index (χ1v) is 8.12. The third-order valence-electron chi connectivity index (χ3n) is 4.22. The van der Waals surface area contributed by atoms with Crippen LogP contribution in [0.25, 0.3) is 0 Å². The Kier molecular flexibility index (Phi) is 6.00. The molecule has 1 aliphatic rings. The van der Waals surface area contributed by atoms with E-state index in [1.54, 1.807) is 0 Å². The Labute approximate surface area is 126 Å². The minimum atomic E-state index is 0.203.